The van der Waals surface area contributed by atoms with Crippen molar-refractivity contribution in [2.75, 3.05) is 0 Å². The summed E-state index contributed by atoms with van der Waals surface area (Å²) in [5.41, 5.74) is 1.67. The minimum Gasteiger partial charge on any atom is -0.274 e. The van der Waals surface area contributed by atoms with E-state index in [0.717, 1.165) is 11.3 Å². The molecule has 22 heavy (non-hydrogen) atoms. The van der Waals surface area contributed by atoms with E-state index in [9.17, 15) is 8.78 Å². The Kier molecular flexibility index (Phi) is 4.20. The predicted octanol–water partition coefficient (Wildman–Crippen LogP) is 4.15. The van der Waals surface area contributed by atoms with E-state index in [-0.39, 0.29) is 11.6 Å². The van der Waals surface area contributed by atoms with Crippen LogP contribution in [-0.2, 0) is 5.75 Å². The average Bonchev–Trinajstić information content (AvgIpc) is 2.87. The molecule has 3 aromatic rings. The molecule has 0 radical (unpaired) electrons. The lowest BCUT2D eigenvalue weighted by atomic mass is 10.2. The second kappa shape index (κ2) is 6.27. The van der Waals surface area contributed by atoms with E-state index < -0.39 is 0 Å². The van der Waals surface area contributed by atoms with E-state index in [0.29, 0.717) is 16.7 Å². The molecule has 0 aliphatic heterocycles. The highest BCUT2D eigenvalue weighted by Crippen LogP contribution is 2.25. The number of aryl methyl sites for hydroxylation is 1. The number of halogens is 2. The maximum Gasteiger partial charge on any atom is 0.196 e. The summed E-state index contributed by atoms with van der Waals surface area (Å²) in [5, 5.41) is 8.90. The lowest BCUT2D eigenvalue weighted by molar-refractivity contribution is 0.626. The van der Waals surface area contributed by atoms with Crippen molar-refractivity contribution in [3.8, 4) is 5.69 Å². The molecule has 0 bridgehead atoms. The van der Waals surface area contributed by atoms with Crippen LogP contribution in [0, 0.1) is 18.6 Å². The number of aromatic nitrogens is 3. The summed E-state index contributed by atoms with van der Waals surface area (Å²) in [6.45, 7) is 1.84. The van der Waals surface area contributed by atoms with Crippen LogP contribution in [0.4, 0.5) is 8.78 Å². The molecule has 1 heterocycles. The maximum atomic E-state index is 13.2. The Morgan fingerprint density at radius 3 is 2.50 bits per heavy atom. The fourth-order valence-electron chi connectivity index (χ4n) is 2.10. The van der Waals surface area contributed by atoms with Crippen LogP contribution in [0.15, 0.2) is 53.7 Å². The number of thioether (sulfide) groups is 1. The van der Waals surface area contributed by atoms with Gasteiger partial charge in [0.2, 0.25) is 0 Å². The largest absolute Gasteiger partial charge is 0.274 e. The van der Waals surface area contributed by atoms with Crippen LogP contribution in [0.1, 0.15) is 11.4 Å². The smallest absolute Gasteiger partial charge is 0.196 e. The number of rotatable bonds is 4. The highest BCUT2D eigenvalue weighted by molar-refractivity contribution is 7.98. The molecule has 0 fully saturated rings. The molecule has 0 spiro atoms. The van der Waals surface area contributed by atoms with Gasteiger partial charge in [-0.1, -0.05) is 23.9 Å². The van der Waals surface area contributed by atoms with Crippen molar-refractivity contribution in [1.29, 1.82) is 0 Å². The van der Waals surface area contributed by atoms with E-state index in [1.807, 2.05) is 17.6 Å². The predicted molar refractivity (Wildman–Crippen MR) is 82.0 cm³/mol. The molecular weight excluding hydrogens is 304 g/mol. The zero-order valence-electron chi connectivity index (χ0n) is 11.8. The summed E-state index contributed by atoms with van der Waals surface area (Å²) >= 11 is 1.46. The first-order chi connectivity index (χ1) is 10.6. The average molecular weight is 317 g/mol. The number of nitrogens with zero attached hydrogens (tertiary/aromatic N) is 3. The number of hydrogen-bond acceptors (Lipinski definition) is 3. The van der Waals surface area contributed by atoms with E-state index in [1.54, 1.807) is 18.2 Å². The van der Waals surface area contributed by atoms with Gasteiger partial charge in [-0.25, -0.2) is 8.78 Å². The fourth-order valence-corrected chi connectivity index (χ4v) is 3.04. The molecule has 0 unspecified atom stereocenters. The first-order valence-electron chi connectivity index (χ1n) is 6.69. The van der Waals surface area contributed by atoms with Crippen molar-refractivity contribution in [1.82, 2.24) is 14.8 Å². The Labute approximate surface area is 131 Å². The second-order valence-corrected chi connectivity index (χ2v) is 5.70. The summed E-state index contributed by atoms with van der Waals surface area (Å²) in [4.78, 5) is 0. The Bertz CT molecular complexity index is 784. The molecule has 0 atom stereocenters. The summed E-state index contributed by atoms with van der Waals surface area (Å²) in [6, 6.07) is 12.6. The van der Waals surface area contributed by atoms with E-state index in [4.69, 9.17) is 0 Å². The molecule has 1 aromatic heterocycles. The SMILES string of the molecule is Cc1nnc(SCc2cccc(F)c2)n1-c1ccc(F)cc1. The van der Waals surface area contributed by atoms with E-state index >= 15 is 0 Å². The van der Waals surface area contributed by atoms with E-state index in [1.165, 1.54) is 36.0 Å². The number of benzene rings is 2. The van der Waals surface area contributed by atoms with Gasteiger partial charge in [-0.15, -0.1) is 10.2 Å². The molecule has 0 aliphatic rings. The van der Waals surface area contributed by atoms with Crippen LogP contribution in [0.2, 0.25) is 0 Å². The summed E-state index contributed by atoms with van der Waals surface area (Å²) < 4.78 is 28.1. The van der Waals surface area contributed by atoms with Crippen LogP contribution in [0.5, 0.6) is 0 Å². The molecule has 2 aromatic carbocycles. The van der Waals surface area contributed by atoms with Gasteiger partial charge in [0.05, 0.1) is 0 Å². The Morgan fingerprint density at radius 1 is 1.00 bits per heavy atom. The Hall–Kier alpha value is -2.21. The summed E-state index contributed by atoms with van der Waals surface area (Å²) in [5.74, 6) is 0.753. The van der Waals surface area contributed by atoms with Gasteiger partial charge in [-0.2, -0.15) is 0 Å². The highest BCUT2D eigenvalue weighted by atomic mass is 32.2. The first-order valence-corrected chi connectivity index (χ1v) is 7.67. The van der Waals surface area contributed by atoms with Gasteiger partial charge in [0.15, 0.2) is 5.16 Å². The van der Waals surface area contributed by atoms with Gasteiger partial charge in [0, 0.05) is 11.4 Å². The van der Waals surface area contributed by atoms with Crippen LogP contribution < -0.4 is 0 Å². The topological polar surface area (TPSA) is 30.7 Å². The lowest BCUT2D eigenvalue weighted by Crippen LogP contribution is -1.99. The zero-order valence-corrected chi connectivity index (χ0v) is 12.6. The Morgan fingerprint density at radius 2 is 1.77 bits per heavy atom. The highest BCUT2D eigenvalue weighted by Gasteiger charge is 2.11. The van der Waals surface area contributed by atoms with Crippen molar-refractivity contribution in [2.45, 2.75) is 17.8 Å². The second-order valence-electron chi connectivity index (χ2n) is 4.76. The van der Waals surface area contributed by atoms with Crippen LogP contribution in [0.3, 0.4) is 0 Å². The van der Waals surface area contributed by atoms with Gasteiger partial charge in [0.25, 0.3) is 0 Å². The lowest BCUT2D eigenvalue weighted by Gasteiger charge is -2.08. The van der Waals surface area contributed by atoms with Gasteiger partial charge >= 0.3 is 0 Å². The molecule has 6 heteroatoms. The van der Waals surface area contributed by atoms with Crippen LogP contribution in [0.25, 0.3) is 5.69 Å². The third-order valence-corrected chi connectivity index (χ3v) is 4.14. The summed E-state index contributed by atoms with van der Waals surface area (Å²) in [6.07, 6.45) is 0. The normalized spacial score (nSPS) is 10.9. The molecule has 0 saturated carbocycles. The standard InChI is InChI=1S/C16H13F2N3S/c1-11-19-20-16(21(11)15-7-5-13(17)6-8-15)22-10-12-3-2-4-14(18)9-12/h2-9H,10H2,1H3. The number of hydrogen-bond donors (Lipinski definition) is 0. The minimum atomic E-state index is -0.288. The van der Waals surface area contributed by atoms with Gasteiger partial charge in [-0.05, 0) is 48.9 Å². The summed E-state index contributed by atoms with van der Waals surface area (Å²) in [7, 11) is 0. The quantitative estimate of drug-likeness (QED) is 0.677. The molecule has 0 amide bonds. The molecule has 0 N–H and O–H groups in total. The van der Waals surface area contributed by atoms with Crippen molar-refractivity contribution < 1.29 is 8.78 Å². The third-order valence-electron chi connectivity index (χ3n) is 3.14. The van der Waals surface area contributed by atoms with Crippen molar-refractivity contribution in [3.63, 3.8) is 0 Å². The Balaban J connectivity index is 1.84. The van der Waals surface area contributed by atoms with Crippen molar-refractivity contribution in [3.05, 3.63) is 71.6 Å². The molecule has 3 rings (SSSR count). The van der Waals surface area contributed by atoms with Gasteiger partial charge < -0.3 is 0 Å². The first kappa shape index (κ1) is 14.7. The van der Waals surface area contributed by atoms with Crippen LogP contribution in [-0.4, -0.2) is 14.8 Å². The van der Waals surface area contributed by atoms with Crippen molar-refractivity contribution in [2.24, 2.45) is 0 Å². The maximum absolute atomic E-state index is 13.2. The fraction of sp³-hybridized carbons (Fsp3) is 0.125. The van der Waals surface area contributed by atoms with Crippen LogP contribution >= 0.6 is 11.8 Å². The van der Waals surface area contributed by atoms with Crippen molar-refractivity contribution >= 4 is 11.8 Å². The monoisotopic (exact) mass is 317 g/mol. The molecule has 3 nitrogen and oxygen atoms in total. The molecule has 0 saturated heterocycles. The zero-order chi connectivity index (χ0) is 15.5. The minimum absolute atomic E-state index is 0.255. The molecule has 112 valence electrons. The van der Waals surface area contributed by atoms with Gasteiger partial charge in [-0.3, -0.25) is 4.57 Å². The molecule has 0 aliphatic carbocycles. The van der Waals surface area contributed by atoms with Gasteiger partial charge in [0.1, 0.15) is 17.5 Å². The molecular formula is C16H13F2N3S. The van der Waals surface area contributed by atoms with E-state index in [2.05, 4.69) is 10.2 Å². The third kappa shape index (κ3) is 3.17.